The fraction of sp³-hybridized carbons (Fsp3) is 0.529. The van der Waals surface area contributed by atoms with Crippen molar-refractivity contribution in [3.63, 3.8) is 0 Å². The van der Waals surface area contributed by atoms with Crippen molar-refractivity contribution in [1.29, 1.82) is 0 Å². The average molecular weight is 302 g/mol. The Balaban J connectivity index is 1.45. The van der Waals surface area contributed by atoms with Gasteiger partial charge in [-0.3, -0.25) is 9.59 Å². The minimum atomic E-state index is -0.0467. The van der Waals surface area contributed by atoms with E-state index in [1.54, 1.807) is 12.1 Å². The molecule has 118 valence electrons. The Hall–Kier alpha value is -1.88. The van der Waals surface area contributed by atoms with Crippen LogP contribution in [0.1, 0.15) is 23.2 Å². The van der Waals surface area contributed by atoms with Crippen molar-refractivity contribution in [3.8, 4) is 0 Å². The quantitative estimate of drug-likeness (QED) is 0.912. The first-order valence-corrected chi connectivity index (χ1v) is 7.94. The molecule has 2 unspecified atom stereocenters. The first-order chi connectivity index (χ1) is 10.7. The number of hydrogen-bond donors (Lipinski definition) is 1. The van der Waals surface area contributed by atoms with Crippen LogP contribution in [-0.2, 0) is 9.53 Å². The van der Waals surface area contributed by atoms with E-state index >= 15 is 0 Å². The lowest BCUT2D eigenvalue weighted by atomic mass is 10.1. The van der Waals surface area contributed by atoms with Gasteiger partial charge in [-0.2, -0.15) is 0 Å². The van der Waals surface area contributed by atoms with Gasteiger partial charge in [-0.25, -0.2) is 0 Å². The van der Waals surface area contributed by atoms with Crippen molar-refractivity contribution in [1.82, 2.24) is 10.2 Å². The molecule has 2 atom stereocenters. The molecule has 3 rings (SSSR count). The van der Waals surface area contributed by atoms with E-state index in [-0.39, 0.29) is 17.7 Å². The number of carbonyl (C=O) groups is 2. The van der Waals surface area contributed by atoms with Crippen LogP contribution in [0.2, 0.25) is 0 Å². The van der Waals surface area contributed by atoms with Crippen LogP contribution >= 0.6 is 0 Å². The van der Waals surface area contributed by atoms with Gasteiger partial charge in [0.1, 0.15) is 0 Å². The van der Waals surface area contributed by atoms with Gasteiger partial charge in [0.25, 0.3) is 5.91 Å². The summed E-state index contributed by atoms with van der Waals surface area (Å²) in [5.41, 5.74) is 0.677. The molecule has 2 amide bonds. The normalized spacial score (nSPS) is 24.5. The second-order valence-electron chi connectivity index (χ2n) is 6.08. The summed E-state index contributed by atoms with van der Waals surface area (Å²) in [6, 6.07) is 9.22. The molecule has 0 radical (unpaired) electrons. The molecule has 0 saturated carbocycles. The summed E-state index contributed by atoms with van der Waals surface area (Å²) in [6.45, 7) is 3.41. The maximum absolute atomic E-state index is 12.3. The molecule has 1 aromatic rings. The molecule has 2 saturated heterocycles. The Labute approximate surface area is 130 Å². The first-order valence-electron chi connectivity index (χ1n) is 7.94. The fourth-order valence-corrected chi connectivity index (χ4v) is 3.12. The summed E-state index contributed by atoms with van der Waals surface area (Å²) >= 11 is 0. The summed E-state index contributed by atoms with van der Waals surface area (Å²) in [6.07, 6.45) is 1.79. The minimum absolute atomic E-state index is 0.0395. The van der Waals surface area contributed by atoms with Crippen LogP contribution in [0.25, 0.3) is 0 Å². The van der Waals surface area contributed by atoms with E-state index < -0.39 is 0 Å². The number of nitrogens with zero attached hydrogens (tertiary/aromatic N) is 1. The second-order valence-corrected chi connectivity index (χ2v) is 6.08. The Morgan fingerprint density at radius 1 is 1.23 bits per heavy atom. The van der Waals surface area contributed by atoms with Gasteiger partial charge in [-0.1, -0.05) is 18.2 Å². The molecule has 0 aromatic heterocycles. The van der Waals surface area contributed by atoms with E-state index in [9.17, 15) is 9.59 Å². The molecule has 5 nitrogen and oxygen atoms in total. The highest BCUT2D eigenvalue weighted by Crippen LogP contribution is 2.21. The Morgan fingerprint density at radius 3 is 2.77 bits per heavy atom. The van der Waals surface area contributed by atoms with E-state index in [0.29, 0.717) is 31.2 Å². The van der Waals surface area contributed by atoms with Crippen molar-refractivity contribution in [3.05, 3.63) is 35.9 Å². The standard InChI is InChI=1S/C17H22N2O3/c20-16(14-4-2-1-3-5-14)18-10-13-6-8-19(11-13)17(21)15-7-9-22-12-15/h1-5,13,15H,6-12H2,(H,18,20). The molecular formula is C17H22N2O3. The third-order valence-corrected chi connectivity index (χ3v) is 4.46. The molecule has 1 aromatic carbocycles. The number of amides is 2. The predicted octanol–water partition coefficient (Wildman–Crippen LogP) is 1.30. The zero-order valence-corrected chi connectivity index (χ0v) is 12.7. The van der Waals surface area contributed by atoms with Crippen molar-refractivity contribution in [2.45, 2.75) is 12.8 Å². The zero-order valence-electron chi connectivity index (χ0n) is 12.7. The maximum atomic E-state index is 12.3. The van der Waals surface area contributed by atoms with Crippen LogP contribution in [0, 0.1) is 11.8 Å². The third-order valence-electron chi connectivity index (χ3n) is 4.46. The molecular weight excluding hydrogens is 280 g/mol. The Kier molecular flexibility index (Phi) is 4.73. The van der Waals surface area contributed by atoms with Crippen molar-refractivity contribution < 1.29 is 14.3 Å². The summed E-state index contributed by atoms with van der Waals surface area (Å²) < 4.78 is 5.29. The number of nitrogens with one attached hydrogen (secondary N) is 1. The van der Waals surface area contributed by atoms with Crippen molar-refractivity contribution in [2.75, 3.05) is 32.8 Å². The molecule has 0 spiro atoms. The van der Waals surface area contributed by atoms with E-state index in [2.05, 4.69) is 5.32 Å². The lowest BCUT2D eigenvalue weighted by molar-refractivity contribution is -0.134. The topological polar surface area (TPSA) is 58.6 Å². The lowest BCUT2D eigenvalue weighted by Crippen LogP contribution is -2.36. The van der Waals surface area contributed by atoms with Crippen LogP contribution in [-0.4, -0.2) is 49.6 Å². The van der Waals surface area contributed by atoms with Crippen LogP contribution in [0.4, 0.5) is 0 Å². The van der Waals surface area contributed by atoms with E-state index in [1.807, 2.05) is 23.1 Å². The fourth-order valence-electron chi connectivity index (χ4n) is 3.12. The highest BCUT2D eigenvalue weighted by molar-refractivity contribution is 5.94. The molecule has 2 aliphatic rings. The number of hydrogen-bond acceptors (Lipinski definition) is 3. The molecule has 2 fully saturated rings. The first kappa shape index (κ1) is 15.0. The Morgan fingerprint density at radius 2 is 2.05 bits per heavy atom. The van der Waals surface area contributed by atoms with Gasteiger partial charge in [-0.15, -0.1) is 0 Å². The average Bonchev–Trinajstić information content (AvgIpc) is 3.24. The highest BCUT2D eigenvalue weighted by atomic mass is 16.5. The van der Waals surface area contributed by atoms with Gasteiger partial charge in [0.2, 0.25) is 5.91 Å². The maximum Gasteiger partial charge on any atom is 0.251 e. The smallest absolute Gasteiger partial charge is 0.251 e. The minimum Gasteiger partial charge on any atom is -0.381 e. The van der Waals surface area contributed by atoms with E-state index in [1.165, 1.54) is 0 Å². The molecule has 0 aliphatic carbocycles. The summed E-state index contributed by atoms with van der Waals surface area (Å²) in [5, 5.41) is 2.97. The molecule has 2 aliphatic heterocycles. The number of benzene rings is 1. The molecule has 22 heavy (non-hydrogen) atoms. The van der Waals surface area contributed by atoms with Gasteiger partial charge in [-0.05, 0) is 30.9 Å². The number of rotatable bonds is 4. The largest absolute Gasteiger partial charge is 0.381 e. The number of likely N-dealkylation sites (tertiary alicyclic amines) is 1. The summed E-state index contributed by atoms with van der Waals surface area (Å²) in [4.78, 5) is 26.3. The van der Waals surface area contributed by atoms with Gasteiger partial charge in [0, 0.05) is 31.8 Å². The Bertz CT molecular complexity index is 526. The van der Waals surface area contributed by atoms with Gasteiger partial charge in [0.15, 0.2) is 0 Å². The molecule has 2 heterocycles. The molecule has 5 heteroatoms. The van der Waals surface area contributed by atoms with Crippen LogP contribution in [0.15, 0.2) is 30.3 Å². The lowest BCUT2D eigenvalue weighted by Gasteiger charge is -2.20. The number of ether oxygens (including phenoxy) is 1. The van der Waals surface area contributed by atoms with Gasteiger partial charge in [0.05, 0.1) is 12.5 Å². The monoisotopic (exact) mass is 302 g/mol. The van der Waals surface area contributed by atoms with E-state index in [0.717, 1.165) is 25.9 Å². The third kappa shape index (κ3) is 3.47. The van der Waals surface area contributed by atoms with Gasteiger partial charge < -0.3 is 15.0 Å². The van der Waals surface area contributed by atoms with Gasteiger partial charge >= 0.3 is 0 Å². The molecule has 1 N–H and O–H groups in total. The molecule has 0 bridgehead atoms. The van der Waals surface area contributed by atoms with Crippen molar-refractivity contribution >= 4 is 11.8 Å². The number of carbonyl (C=O) groups excluding carboxylic acids is 2. The second kappa shape index (κ2) is 6.92. The zero-order chi connectivity index (χ0) is 15.4. The van der Waals surface area contributed by atoms with Crippen LogP contribution < -0.4 is 5.32 Å². The van der Waals surface area contributed by atoms with Crippen molar-refractivity contribution in [2.24, 2.45) is 11.8 Å². The summed E-state index contributed by atoms with van der Waals surface area (Å²) in [7, 11) is 0. The predicted molar refractivity (Wildman–Crippen MR) is 82.4 cm³/mol. The van der Waals surface area contributed by atoms with E-state index in [4.69, 9.17) is 4.74 Å². The van der Waals surface area contributed by atoms with Crippen LogP contribution in [0.5, 0.6) is 0 Å². The summed E-state index contributed by atoms with van der Waals surface area (Å²) in [5.74, 6) is 0.556. The highest BCUT2D eigenvalue weighted by Gasteiger charge is 2.32. The SMILES string of the molecule is O=C(NCC1CCN(C(=O)C2CCOC2)C1)c1ccccc1. The van der Waals surface area contributed by atoms with Crippen LogP contribution in [0.3, 0.4) is 0 Å².